The Morgan fingerprint density at radius 2 is 1.89 bits per heavy atom. The highest BCUT2D eigenvalue weighted by molar-refractivity contribution is 5.96. The quantitative estimate of drug-likeness (QED) is 0.254. The summed E-state index contributed by atoms with van der Waals surface area (Å²) in [6.45, 7) is -0.346. The summed E-state index contributed by atoms with van der Waals surface area (Å²) in [5.41, 5.74) is 7.35. The van der Waals surface area contributed by atoms with Crippen LogP contribution in [0.1, 0.15) is 11.1 Å². The number of pyridine rings is 1. The van der Waals surface area contributed by atoms with Crippen LogP contribution in [0.3, 0.4) is 0 Å². The predicted octanol–water partition coefficient (Wildman–Crippen LogP) is -0.00713. The number of anilines is 1. The highest BCUT2D eigenvalue weighted by Gasteiger charge is 2.18. The topological polar surface area (TPSA) is 153 Å². The van der Waals surface area contributed by atoms with Crippen LogP contribution in [0.2, 0.25) is 0 Å². The summed E-state index contributed by atoms with van der Waals surface area (Å²) in [5.74, 6) is -0.977. The molecule has 1 aromatic heterocycles. The summed E-state index contributed by atoms with van der Waals surface area (Å²) in [7, 11) is 0. The molecule has 2 amide bonds. The molecule has 150 valence electrons. The average Bonchev–Trinajstić information content (AvgIpc) is 2.69. The van der Waals surface area contributed by atoms with Gasteiger partial charge < -0.3 is 26.8 Å². The van der Waals surface area contributed by atoms with Crippen molar-refractivity contribution in [2.45, 2.75) is 12.6 Å². The number of rotatable bonds is 9. The summed E-state index contributed by atoms with van der Waals surface area (Å²) >= 11 is 0. The Labute approximate surface area is 168 Å². The Bertz CT molecular complexity index is 803. The van der Waals surface area contributed by atoms with Crippen molar-refractivity contribution in [3.8, 4) is 0 Å². The fourth-order valence-corrected chi connectivity index (χ4v) is 2.23. The van der Waals surface area contributed by atoms with Gasteiger partial charge in [-0.25, -0.2) is 0 Å². The highest BCUT2D eigenvalue weighted by Crippen LogP contribution is 2.11. The number of halogens is 1. The molecular formula is C18H23ClN6O3. The Kier molecular flexibility index (Phi) is 9.41. The first-order valence-corrected chi connectivity index (χ1v) is 8.24. The number of nitrogens with two attached hydrogens (primary N) is 1. The summed E-state index contributed by atoms with van der Waals surface area (Å²) < 4.78 is 0. The number of amidine groups is 1. The van der Waals surface area contributed by atoms with Crippen molar-refractivity contribution in [1.29, 1.82) is 5.41 Å². The van der Waals surface area contributed by atoms with Gasteiger partial charge in [0.25, 0.3) is 0 Å². The van der Waals surface area contributed by atoms with Gasteiger partial charge in [-0.2, -0.15) is 0 Å². The van der Waals surface area contributed by atoms with Gasteiger partial charge in [-0.05, 0) is 29.8 Å². The molecule has 0 aliphatic rings. The molecule has 0 bridgehead atoms. The number of aliphatic hydroxyl groups is 1. The van der Waals surface area contributed by atoms with E-state index in [4.69, 9.17) is 11.1 Å². The van der Waals surface area contributed by atoms with E-state index in [0.717, 1.165) is 5.56 Å². The molecule has 0 radical (unpaired) electrons. The molecule has 2 rings (SSSR count). The lowest BCUT2D eigenvalue weighted by molar-refractivity contribution is -0.127. The van der Waals surface area contributed by atoms with Crippen LogP contribution < -0.4 is 21.7 Å². The van der Waals surface area contributed by atoms with Crippen LogP contribution in [-0.4, -0.2) is 46.9 Å². The van der Waals surface area contributed by atoms with Crippen LogP contribution in [0, 0.1) is 5.41 Å². The van der Waals surface area contributed by atoms with Crippen LogP contribution in [-0.2, 0) is 16.1 Å². The van der Waals surface area contributed by atoms with E-state index in [2.05, 4.69) is 20.9 Å². The zero-order valence-electron chi connectivity index (χ0n) is 15.0. The number of carbonyl (C=O) groups is 2. The summed E-state index contributed by atoms with van der Waals surface area (Å²) in [6, 6.07) is 9.23. The number of aromatic nitrogens is 1. The standard InChI is InChI=1S/C18H22N6O3.ClH/c19-17(20)13-2-1-3-14(8-13)24-15(11-25)18(27)23-10-16(26)22-9-12-4-6-21-7-5-12;/h1-8,15,24-25H,9-11H2,(H3,19,20)(H,22,26)(H,23,27);1H. The zero-order valence-corrected chi connectivity index (χ0v) is 15.8. The maximum Gasteiger partial charge on any atom is 0.245 e. The lowest BCUT2D eigenvalue weighted by Crippen LogP contribution is -2.45. The third kappa shape index (κ3) is 7.22. The van der Waals surface area contributed by atoms with Gasteiger partial charge in [0.1, 0.15) is 11.9 Å². The molecule has 0 saturated carbocycles. The van der Waals surface area contributed by atoms with Crippen LogP contribution in [0.25, 0.3) is 0 Å². The molecule has 0 aliphatic heterocycles. The first-order chi connectivity index (χ1) is 13.0. The summed E-state index contributed by atoms with van der Waals surface area (Å²) in [6.07, 6.45) is 3.25. The maximum absolute atomic E-state index is 12.2. The zero-order chi connectivity index (χ0) is 19.6. The molecule has 9 nitrogen and oxygen atoms in total. The number of hydrogen-bond donors (Lipinski definition) is 6. The lowest BCUT2D eigenvalue weighted by Gasteiger charge is -2.17. The molecule has 28 heavy (non-hydrogen) atoms. The van der Waals surface area contributed by atoms with E-state index < -0.39 is 18.6 Å². The Morgan fingerprint density at radius 1 is 1.18 bits per heavy atom. The van der Waals surface area contributed by atoms with E-state index in [1.807, 2.05) is 0 Å². The molecule has 2 aromatic rings. The van der Waals surface area contributed by atoms with Crippen molar-refractivity contribution >= 4 is 35.7 Å². The van der Waals surface area contributed by atoms with Crippen molar-refractivity contribution in [3.63, 3.8) is 0 Å². The van der Waals surface area contributed by atoms with Crippen molar-refractivity contribution in [2.75, 3.05) is 18.5 Å². The molecule has 1 aromatic carbocycles. The average molecular weight is 407 g/mol. The van der Waals surface area contributed by atoms with Gasteiger partial charge in [-0.1, -0.05) is 12.1 Å². The van der Waals surface area contributed by atoms with Gasteiger partial charge in [0.2, 0.25) is 11.8 Å². The van der Waals surface area contributed by atoms with Crippen molar-refractivity contribution < 1.29 is 14.7 Å². The van der Waals surface area contributed by atoms with Crippen LogP contribution in [0.4, 0.5) is 5.69 Å². The number of aliphatic hydroxyl groups excluding tert-OH is 1. The number of nitrogen functional groups attached to an aromatic ring is 1. The molecule has 1 heterocycles. The maximum atomic E-state index is 12.2. The fraction of sp³-hybridized carbons (Fsp3) is 0.222. The molecule has 1 unspecified atom stereocenters. The largest absolute Gasteiger partial charge is 0.394 e. The number of nitrogens with one attached hydrogen (secondary N) is 4. The molecule has 10 heteroatoms. The molecule has 0 fully saturated rings. The normalized spacial score (nSPS) is 10.9. The van der Waals surface area contributed by atoms with Crippen LogP contribution >= 0.6 is 12.4 Å². The van der Waals surface area contributed by atoms with Gasteiger partial charge in [0.05, 0.1) is 13.2 Å². The number of amides is 2. The Hall–Kier alpha value is -3.17. The second-order valence-electron chi connectivity index (χ2n) is 5.72. The molecular weight excluding hydrogens is 384 g/mol. The lowest BCUT2D eigenvalue weighted by atomic mass is 10.1. The smallest absolute Gasteiger partial charge is 0.245 e. The molecule has 1 atom stereocenters. The van der Waals surface area contributed by atoms with Crippen LogP contribution in [0.5, 0.6) is 0 Å². The fourth-order valence-electron chi connectivity index (χ4n) is 2.23. The monoisotopic (exact) mass is 406 g/mol. The summed E-state index contributed by atoms with van der Waals surface area (Å²) in [4.78, 5) is 27.9. The second-order valence-corrected chi connectivity index (χ2v) is 5.72. The SMILES string of the molecule is Cl.N=C(N)c1cccc(NC(CO)C(=O)NCC(=O)NCc2ccncc2)c1. The third-order valence-electron chi connectivity index (χ3n) is 3.68. The minimum absolute atomic E-state index is 0. The number of carbonyl (C=O) groups excluding carboxylic acids is 2. The van der Waals surface area contributed by atoms with E-state index in [0.29, 0.717) is 17.8 Å². The van der Waals surface area contributed by atoms with E-state index in [-0.39, 0.29) is 30.7 Å². The van der Waals surface area contributed by atoms with E-state index in [1.165, 1.54) is 0 Å². The Balaban J connectivity index is 0.00000392. The number of hydrogen-bond acceptors (Lipinski definition) is 6. The van der Waals surface area contributed by atoms with Gasteiger partial charge in [-0.3, -0.25) is 20.0 Å². The minimum Gasteiger partial charge on any atom is -0.394 e. The molecule has 0 saturated heterocycles. The van der Waals surface area contributed by atoms with E-state index >= 15 is 0 Å². The first kappa shape index (κ1) is 22.9. The van der Waals surface area contributed by atoms with Crippen LogP contribution in [0.15, 0.2) is 48.8 Å². The highest BCUT2D eigenvalue weighted by atomic mass is 35.5. The van der Waals surface area contributed by atoms with E-state index in [9.17, 15) is 14.7 Å². The number of benzene rings is 1. The van der Waals surface area contributed by atoms with Gasteiger partial charge >= 0.3 is 0 Å². The Morgan fingerprint density at radius 3 is 2.54 bits per heavy atom. The first-order valence-electron chi connectivity index (χ1n) is 8.24. The predicted molar refractivity (Wildman–Crippen MR) is 108 cm³/mol. The second kappa shape index (κ2) is 11.5. The molecule has 0 spiro atoms. The van der Waals surface area contributed by atoms with Gasteiger partial charge in [-0.15, -0.1) is 12.4 Å². The minimum atomic E-state index is -0.944. The molecule has 0 aliphatic carbocycles. The van der Waals surface area contributed by atoms with E-state index in [1.54, 1.807) is 48.8 Å². The molecule has 7 N–H and O–H groups in total. The number of nitrogens with zero attached hydrogens (tertiary/aromatic N) is 1. The summed E-state index contributed by atoms with van der Waals surface area (Å²) in [5, 5.41) is 24.9. The van der Waals surface area contributed by atoms with Crippen molar-refractivity contribution in [3.05, 3.63) is 59.9 Å². The third-order valence-corrected chi connectivity index (χ3v) is 3.68. The van der Waals surface area contributed by atoms with Crippen molar-refractivity contribution in [2.24, 2.45) is 5.73 Å². The van der Waals surface area contributed by atoms with Gasteiger partial charge in [0, 0.05) is 30.2 Å². The van der Waals surface area contributed by atoms with Gasteiger partial charge in [0.15, 0.2) is 0 Å². The van der Waals surface area contributed by atoms with Crippen molar-refractivity contribution in [1.82, 2.24) is 15.6 Å².